The molecule has 0 bridgehead atoms. The van der Waals surface area contributed by atoms with Crippen molar-refractivity contribution in [1.82, 2.24) is 14.5 Å². The topological polar surface area (TPSA) is 50.5 Å². The first kappa shape index (κ1) is 13.4. The first-order valence-electron chi connectivity index (χ1n) is 5.88. The number of aromatic nitrogens is 2. The van der Waals surface area contributed by atoms with Gasteiger partial charge in [0.2, 0.25) is 0 Å². The van der Waals surface area contributed by atoms with E-state index in [-0.39, 0.29) is 18.8 Å². The van der Waals surface area contributed by atoms with Gasteiger partial charge in [0.05, 0.1) is 25.9 Å². The Morgan fingerprint density at radius 3 is 3.06 bits per heavy atom. The molecule has 1 saturated heterocycles. The zero-order valence-corrected chi connectivity index (χ0v) is 10.2. The first-order valence-corrected chi connectivity index (χ1v) is 5.88. The van der Waals surface area contributed by atoms with E-state index < -0.39 is 6.55 Å². The third-order valence-corrected chi connectivity index (χ3v) is 3.14. The SMILES string of the molecule is CC1COC(CO)CN1Cc1nccn1C(F)F. The Morgan fingerprint density at radius 2 is 2.39 bits per heavy atom. The van der Waals surface area contributed by atoms with Crippen LogP contribution in [0.4, 0.5) is 8.78 Å². The highest BCUT2D eigenvalue weighted by atomic mass is 19.3. The standard InChI is InChI=1S/C11H17F2N3O2/c1-8-7-18-9(6-17)4-15(8)5-10-14-2-3-16(10)11(12)13/h2-3,8-9,11,17H,4-7H2,1H3. The summed E-state index contributed by atoms with van der Waals surface area (Å²) >= 11 is 0. The van der Waals surface area contributed by atoms with Gasteiger partial charge in [0.15, 0.2) is 0 Å². The molecular weight excluding hydrogens is 244 g/mol. The van der Waals surface area contributed by atoms with E-state index in [1.54, 1.807) is 0 Å². The summed E-state index contributed by atoms with van der Waals surface area (Å²) in [6.07, 6.45) is 2.39. The van der Waals surface area contributed by atoms with E-state index in [0.717, 1.165) is 4.57 Å². The lowest BCUT2D eigenvalue weighted by Gasteiger charge is -2.37. The lowest BCUT2D eigenvalue weighted by molar-refractivity contribution is -0.0821. The zero-order chi connectivity index (χ0) is 13.1. The number of hydrogen-bond donors (Lipinski definition) is 1. The number of ether oxygens (including phenoxy) is 1. The number of morpholine rings is 1. The number of hydrogen-bond acceptors (Lipinski definition) is 4. The summed E-state index contributed by atoms with van der Waals surface area (Å²) in [4.78, 5) is 5.95. The van der Waals surface area contributed by atoms with E-state index in [9.17, 15) is 8.78 Å². The minimum atomic E-state index is -2.58. The second-order valence-electron chi connectivity index (χ2n) is 4.44. The predicted octanol–water partition coefficient (Wildman–Crippen LogP) is 0.860. The van der Waals surface area contributed by atoms with E-state index in [2.05, 4.69) is 4.98 Å². The van der Waals surface area contributed by atoms with Gasteiger partial charge >= 0.3 is 6.55 Å². The molecule has 0 radical (unpaired) electrons. The molecule has 7 heteroatoms. The summed E-state index contributed by atoms with van der Waals surface area (Å²) in [6, 6.07) is 0.121. The van der Waals surface area contributed by atoms with Crippen molar-refractivity contribution < 1.29 is 18.6 Å². The van der Waals surface area contributed by atoms with Gasteiger partial charge in [-0.2, -0.15) is 8.78 Å². The monoisotopic (exact) mass is 261 g/mol. The highest BCUT2D eigenvalue weighted by Crippen LogP contribution is 2.18. The molecule has 2 unspecified atom stereocenters. The lowest BCUT2D eigenvalue weighted by atomic mass is 10.2. The van der Waals surface area contributed by atoms with E-state index >= 15 is 0 Å². The third kappa shape index (κ3) is 2.85. The number of rotatable bonds is 4. The van der Waals surface area contributed by atoms with Crippen LogP contribution in [-0.4, -0.2) is 51.5 Å². The van der Waals surface area contributed by atoms with Gasteiger partial charge in [-0.1, -0.05) is 0 Å². The van der Waals surface area contributed by atoms with Crippen LogP contribution in [0, 0.1) is 0 Å². The number of aliphatic hydroxyl groups is 1. The largest absolute Gasteiger partial charge is 0.394 e. The van der Waals surface area contributed by atoms with Gasteiger partial charge in [-0.05, 0) is 6.92 Å². The molecule has 0 amide bonds. The fraction of sp³-hybridized carbons (Fsp3) is 0.727. The Bertz CT molecular complexity index is 386. The molecule has 0 aromatic carbocycles. The molecule has 0 saturated carbocycles. The molecule has 1 aliphatic rings. The van der Waals surface area contributed by atoms with E-state index in [1.807, 2.05) is 11.8 Å². The minimum Gasteiger partial charge on any atom is -0.394 e. The molecule has 2 rings (SSSR count). The van der Waals surface area contributed by atoms with Crippen LogP contribution >= 0.6 is 0 Å². The summed E-state index contributed by atoms with van der Waals surface area (Å²) in [5, 5.41) is 9.07. The Balaban J connectivity index is 2.05. The summed E-state index contributed by atoms with van der Waals surface area (Å²) in [7, 11) is 0. The fourth-order valence-electron chi connectivity index (χ4n) is 2.03. The molecule has 1 aliphatic heterocycles. The first-order chi connectivity index (χ1) is 8.61. The number of aliphatic hydroxyl groups excluding tert-OH is 1. The van der Waals surface area contributed by atoms with Crippen molar-refractivity contribution in [3.05, 3.63) is 18.2 Å². The third-order valence-electron chi connectivity index (χ3n) is 3.14. The fourth-order valence-corrected chi connectivity index (χ4v) is 2.03. The second kappa shape index (κ2) is 5.73. The number of imidazole rings is 1. The van der Waals surface area contributed by atoms with Crippen molar-refractivity contribution >= 4 is 0 Å². The molecule has 18 heavy (non-hydrogen) atoms. The van der Waals surface area contributed by atoms with Crippen molar-refractivity contribution in [3.63, 3.8) is 0 Å². The molecule has 1 aromatic heterocycles. The molecule has 0 aliphatic carbocycles. The van der Waals surface area contributed by atoms with Gasteiger partial charge in [0.1, 0.15) is 5.82 Å². The quantitative estimate of drug-likeness (QED) is 0.873. The molecule has 1 N–H and O–H groups in total. The van der Waals surface area contributed by atoms with Gasteiger partial charge in [-0.3, -0.25) is 9.47 Å². The van der Waals surface area contributed by atoms with Crippen LogP contribution in [0.2, 0.25) is 0 Å². The van der Waals surface area contributed by atoms with Gasteiger partial charge in [-0.25, -0.2) is 4.98 Å². The van der Waals surface area contributed by atoms with Crippen LogP contribution < -0.4 is 0 Å². The summed E-state index contributed by atoms with van der Waals surface area (Å²) in [5.41, 5.74) is 0. The second-order valence-corrected chi connectivity index (χ2v) is 4.44. The molecular formula is C11H17F2N3O2. The Labute approximate surface area is 104 Å². The van der Waals surface area contributed by atoms with Crippen molar-refractivity contribution in [2.24, 2.45) is 0 Å². The van der Waals surface area contributed by atoms with Crippen LogP contribution in [0.3, 0.4) is 0 Å². The van der Waals surface area contributed by atoms with Crippen molar-refractivity contribution in [3.8, 4) is 0 Å². The maximum atomic E-state index is 12.7. The van der Waals surface area contributed by atoms with Crippen molar-refractivity contribution in [2.75, 3.05) is 19.8 Å². The van der Waals surface area contributed by atoms with Crippen molar-refractivity contribution in [1.29, 1.82) is 0 Å². The van der Waals surface area contributed by atoms with E-state index in [4.69, 9.17) is 9.84 Å². The Morgan fingerprint density at radius 1 is 1.61 bits per heavy atom. The predicted molar refractivity (Wildman–Crippen MR) is 60.2 cm³/mol. The maximum Gasteiger partial charge on any atom is 0.319 e. The van der Waals surface area contributed by atoms with Crippen LogP contribution in [0.25, 0.3) is 0 Å². The molecule has 2 atom stereocenters. The normalized spacial score (nSPS) is 25.8. The number of nitrogens with zero attached hydrogens (tertiary/aromatic N) is 3. The van der Waals surface area contributed by atoms with Crippen LogP contribution in [-0.2, 0) is 11.3 Å². The van der Waals surface area contributed by atoms with Crippen molar-refractivity contribution in [2.45, 2.75) is 32.2 Å². The van der Waals surface area contributed by atoms with Gasteiger partial charge in [-0.15, -0.1) is 0 Å². The average Bonchev–Trinajstić information content (AvgIpc) is 2.80. The van der Waals surface area contributed by atoms with Crippen LogP contribution in [0.15, 0.2) is 12.4 Å². The molecule has 0 spiro atoms. The average molecular weight is 261 g/mol. The highest BCUT2D eigenvalue weighted by molar-refractivity contribution is 4.94. The molecule has 5 nitrogen and oxygen atoms in total. The number of alkyl halides is 2. The lowest BCUT2D eigenvalue weighted by Crippen LogP contribution is -2.49. The summed E-state index contributed by atoms with van der Waals surface area (Å²) in [6.45, 7) is 0.662. The maximum absolute atomic E-state index is 12.7. The minimum absolute atomic E-state index is 0.0630. The van der Waals surface area contributed by atoms with Gasteiger partial charge < -0.3 is 9.84 Å². The Kier molecular flexibility index (Phi) is 4.26. The summed E-state index contributed by atoms with van der Waals surface area (Å²) < 4.78 is 31.6. The smallest absolute Gasteiger partial charge is 0.319 e. The molecule has 2 heterocycles. The molecule has 1 aromatic rings. The molecule has 1 fully saturated rings. The summed E-state index contributed by atoms with van der Waals surface area (Å²) in [5.74, 6) is 0.329. The van der Waals surface area contributed by atoms with E-state index in [1.165, 1.54) is 12.4 Å². The Hall–Kier alpha value is -1.05. The number of halogens is 2. The van der Waals surface area contributed by atoms with E-state index in [0.29, 0.717) is 25.5 Å². The highest BCUT2D eigenvalue weighted by Gasteiger charge is 2.27. The van der Waals surface area contributed by atoms with Crippen LogP contribution in [0.1, 0.15) is 19.3 Å². The van der Waals surface area contributed by atoms with Crippen LogP contribution in [0.5, 0.6) is 0 Å². The molecule has 102 valence electrons. The van der Waals surface area contributed by atoms with Gasteiger partial charge in [0, 0.05) is 25.0 Å². The van der Waals surface area contributed by atoms with Gasteiger partial charge in [0.25, 0.3) is 0 Å². The zero-order valence-electron chi connectivity index (χ0n) is 10.2.